The molecule has 0 radical (unpaired) electrons. The monoisotopic (exact) mass is 510 g/mol. The highest BCUT2D eigenvalue weighted by molar-refractivity contribution is 14.0. The van der Waals surface area contributed by atoms with Gasteiger partial charge in [0.05, 0.1) is 0 Å². The average Bonchev–Trinajstić information content (AvgIpc) is 3.15. The number of aliphatic imine (C=N–C) groups is 1. The predicted octanol–water partition coefficient (Wildman–Crippen LogP) is 3.47. The fraction of sp³-hybridized carbons (Fsp3) is 0.364. The molecule has 1 amide bonds. The van der Waals surface area contributed by atoms with Gasteiger partial charge in [0, 0.05) is 39.6 Å². The molecular formula is C22H28FIN4O. The van der Waals surface area contributed by atoms with Crippen molar-refractivity contribution in [3.63, 3.8) is 0 Å². The molecule has 0 saturated carbocycles. The van der Waals surface area contributed by atoms with Gasteiger partial charge in [-0.3, -0.25) is 9.79 Å². The molecule has 3 rings (SSSR count). The van der Waals surface area contributed by atoms with Crippen molar-refractivity contribution in [3.8, 4) is 0 Å². The standard InChI is InChI=1S/C22H27FN4O.HI/c1-24-22(26-14-12-17-8-10-20(23)11-9-17)25-13-4-7-21(28)27-15-18-5-2-3-6-19(18)16-27;/h2-3,5-6,8-11H,4,7,12-16H2,1H3,(H2,24,25,26);1H. The number of benzene rings is 2. The summed E-state index contributed by atoms with van der Waals surface area (Å²) >= 11 is 0. The van der Waals surface area contributed by atoms with Gasteiger partial charge in [-0.05, 0) is 41.7 Å². The van der Waals surface area contributed by atoms with Gasteiger partial charge in [-0.25, -0.2) is 4.39 Å². The third kappa shape index (κ3) is 6.99. The van der Waals surface area contributed by atoms with Crippen molar-refractivity contribution in [2.45, 2.75) is 32.4 Å². The molecule has 0 atom stereocenters. The van der Waals surface area contributed by atoms with Gasteiger partial charge in [0.15, 0.2) is 5.96 Å². The van der Waals surface area contributed by atoms with Gasteiger partial charge in [-0.1, -0.05) is 36.4 Å². The fourth-order valence-corrected chi connectivity index (χ4v) is 3.31. The summed E-state index contributed by atoms with van der Waals surface area (Å²) < 4.78 is 12.9. The van der Waals surface area contributed by atoms with Crippen molar-refractivity contribution >= 4 is 35.8 Å². The Bertz CT molecular complexity index is 801. The lowest BCUT2D eigenvalue weighted by atomic mass is 10.1. The van der Waals surface area contributed by atoms with Gasteiger partial charge >= 0.3 is 0 Å². The van der Waals surface area contributed by atoms with E-state index in [1.54, 1.807) is 19.2 Å². The second-order valence-corrected chi connectivity index (χ2v) is 6.92. The summed E-state index contributed by atoms with van der Waals surface area (Å²) in [6.45, 7) is 2.82. The number of carbonyl (C=O) groups excluding carboxylic acids is 1. The van der Waals surface area contributed by atoms with Crippen LogP contribution in [0.4, 0.5) is 4.39 Å². The van der Waals surface area contributed by atoms with E-state index in [0.29, 0.717) is 25.5 Å². The van der Waals surface area contributed by atoms with Crippen molar-refractivity contribution in [1.82, 2.24) is 15.5 Å². The van der Waals surface area contributed by atoms with E-state index < -0.39 is 0 Å². The van der Waals surface area contributed by atoms with Gasteiger partial charge in [0.1, 0.15) is 5.82 Å². The Kier molecular flexibility index (Phi) is 9.37. The normalized spacial score (nSPS) is 12.9. The molecule has 1 heterocycles. The molecular weight excluding hydrogens is 482 g/mol. The molecule has 2 aromatic rings. The van der Waals surface area contributed by atoms with Crippen LogP contribution in [0.1, 0.15) is 29.5 Å². The molecule has 0 bridgehead atoms. The van der Waals surface area contributed by atoms with Gasteiger partial charge in [-0.15, -0.1) is 24.0 Å². The van der Waals surface area contributed by atoms with E-state index in [1.165, 1.54) is 23.3 Å². The molecule has 7 heteroatoms. The molecule has 29 heavy (non-hydrogen) atoms. The fourth-order valence-electron chi connectivity index (χ4n) is 3.31. The highest BCUT2D eigenvalue weighted by Gasteiger charge is 2.22. The first-order chi connectivity index (χ1) is 13.7. The summed E-state index contributed by atoms with van der Waals surface area (Å²) in [5.74, 6) is 0.682. The minimum absolute atomic E-state index is 0. The number of nitrogens with zero attached hydrogens (tertiary/aromatic N) is 2. The average molecular weight is 510 g/mol. The summed E-state index contributed by atoms with van der Waals surface area (Å²) in [6.07, 6.45) is 2.06. The molecule has 1 aliphatic heterocycles. The van der Waals surface area contributed by atoms with E-state index in [4.69, 9.17) is 0 Å². The van der Waals surface area contributed by atoms with E-state index in [0.717, 1.165) is 31.5 Å². The van der Waals surface area contributed by atoms with Crippen molar-refractivity contribution in [2.75, 3.05) is 20.1 Å². The van der Waals surface area contributed by atoms with Crippen molar-refractivity contribution in [1.29, 1.82) is 0 Å². The van der Waals surface area contributed by atoms with E-state index in [2.05, 4.69) is 27.8 Å². The van der Waals surface area contributed by atoms with Crippen LogP contribution in [-0.4, -0.2) is 36.9 Å². The molecule has 0 fully saturated rings. The van der Waals surface area contributed by atoms with Crippen LogP contribution in [0.2, 0.25) is 0 Å². The zero-order valence-electron chi connectivity index (χ0n) is 16.7. The third-order valence-electron chi connectivity index (χ3n) is 4.90. The second kappa shape index (κ2) is 11.7. The molecule has 1 aliphatic rings. The first-order valence-electron chi connectivity index (χ1n) is 9.69. The first-order valence-corrected chi connectivity index (χ1v) is 9.69. The Labute approximate surface area is 188 Å². The molecule has 0 spiro atoms. The minimum Gasteiger partial charge on any atom is -0.356 e. The molecule has 2 N–H and O–H groups in total. The van der Waals surface area contributed by atoms with Crippen LogP contribution in [0.3, 0.4) is 0 Å². The first kappa shape index (κ1) is 23.1. The number of amides is 1. The lowest BCUT2D eigenvalue weighted by molar-refractivity contribution is -0.131. The Balaban J connectivity index is 0.00000300. The van der Waals surface area contributed by atoms with E-state index in [-0.39, 0.29) is 35.7 Å². The number of guanidine groups is 1. The molecule has 5 nitrogen and oxygen atoms in total. The molecule has 156 valence electrons. The second-order valence-electron chi connectivity index (χ2n) is 6.92. The summed E-state index contributed by atoms with van der Waals surface area (Å²) in [5, 5.41) is 6.47. The summed E-state index contributed by atoms with van der Waals surface area (Å²) in [5.41, 5.74) is 3.57. The Morgan fingerprint density at radius 3 is 2.28 bits per heavy atom. The minimum atomic E-state index is -0.221. The van der Waals surface area contributed by atoms with Gasteiger partial charge in [0.2, 0.25) is 5.91 Å². The summed E-state index contributed by atoms with van der Waals surface area (Å²) in [7, 11) is 1.72. The van der Waals surface area contributed by atoms with Crippen LogP contribution in [0.15, 0.2) is 53.5 Å². The smallest absolute Gasteiger partial charge is 0.223 e. The Morgan fingerprint density at radius 1 is 1.03 bits per heavy atom. The number of halogens is 2. The van der Waals surface area contributed by atoms with E-state index >= 15 is 0 Å². The lowest BCUT2D eigenvalue weighted by Gasteiger charge is -2.16. The Morgan fingerprint density at radius 2 is 1.66 bits per heavy atom. The highest BCUT2D eigenvalue weighted by Crippen LogP contribution is 2.22. The molecule has 0 aliphatic carbocycles. The van der Waals surface area contributed by atoms with Crippen LogP contribution in [0, 0.1) is 5.82 Å². The van der Waals surface area contributed by atoms with Crippen LogP contribution < -0.4 is 10.6 Å². The SMILES string of the molecule is CN=C(NCCCC(=O)N1Cc2ccccc2C1)NCCc1ccc(F)cc1.I. The lowest BCUT2D eigenvalue weighted by Crippen LogP contribution is -2.39. The van der Waals surface area contributed by atoms with Crippen LogP contribution in [-0.2, 0) is 24.3 Å². The number of hydrogen-bond acceptors (Lipinski definition) is 2. The number of nitrogens with one attached hydrogen (secondary N) is 2. The van der Waals surface area contributed by atoms with E-state index in [9.17, 15) is 9.18 Å². The molecule has 0 saturated heterocycles. The van der Waals surface area contributed by atoms with Crippen LogP contribution >= 0.6 is 24.0 Å². The summed E-state index contributed by atoms with van der Waals surface area (Å²) in [6, 6.07) is 14.7. The van der Waals surface area contributed by atoms with Crippen LogP contribution in [0.5, 0.6) is 0 Å². The van der Waals surface area contributed by atoms with Gasteiger partial charge in [0.25, 0.3) is 0 Å². The maximum absolute atomic E-state index is 12.9. The van der Waals surface area contributed by atoms with Crippen molar-refractivity contribution in [3.05, 3.63) is 71.0 Å². The molecule has 0 unspecified atom stereocenters. The quantitative estimate of drug-likeness (QED) is 0.260. The predicted molar refractivity (Wildman–Crippen MR) is 125 cm³/mol. The van der Waals surface area contributed by atoms with Crippen LogP contribution in [0.25, 0.3) is 0 Å². The largest absolute Gasteiger partial charge is 0.356 e. The van der Waals surface area contributed by atoms with Crippen molar-refractivity contribution < 1.29 is 9.18 Å². The zero-order valence-corrected chi connectivity index (χ0v) is 19.0. The maximum Gasteiger partial charge on any atom is 0.223 e. The number of hydrogen-bond donors (Lipinski definition) is 2. The zero-order chi connectivity index (χ0) is 19.8. The number of fused-ring (bicyclic) bond motifs is 1. The van der Waals surface area contributed by atoms with E-state index in [1.807, 2.05) is 17.0 Å². The van der Waals surface area contributed by atoms with Gasteiger partial charge in [-0.2, -0.15) is 0 Å². The molecule has 0 aromatic heterocycles. The highest BCUT2D eigenvalue weighted by atomic mass is 127. The number of carbonyl (C=O) groups is 1. The Hall–Kier alpha value is -2.16. The number of rotatable bonds is 7. The topological polar surface area (TPSA) is 56.7 Å². The third-order valence-corrected chi connectivity index (χ3v) is 4.90. The molecule has 2 aromatic carbocycles. The summed E-state index contributed by atoms with van der Waals surface area (Å²) in [4.78, 5) is 18.5. The van der Waals surface area contributed by atoms with Crippen molar-refractivity contribution in [2.24, 2.45) is 4.99 Å². The maximum atomic E-state index is 12.9. The van der Waals surface area contributed by atoms with Gasteiger partial charge < -0.3 is 15.5 Å².